The molecule has 8 nitrogen and oxygen atoms in total. The zero-order valence-corrected chi connectivity index (χ0v) is 19.1. The van der Waals surface area contributed by atoms with E-state index >= 15 is 0 Å². The zero-order valence-electron chi connectivity index (χ0n) is 19.1. The molecular formula is C22H37N3O5. The van der Waals surface area contributed by atoms with Gasteiger partial charge in [-0.3, -0.25) is 14.4 Å². The summed E-state index contributed by atoms with van der Waals surface area (Å²) in [7, 11) is 1.57. The molecule has 3 unspecified atom stereocenters. The second-order valence-corrected chi connectivity index (χ2v) is 10.4. The molecule has 1 spiro atoms. The predicted molar refractivity (Wildman–Crippen MR) is 111 cm³/mol. The Labute approximate surface area is 179 Å². The Hall–Kier alpha value is -1.67. The third kappa shape index (κ3) is 3.42. The fraction of sp³-hybridized carbons (Fsp3) is 0.864. The van der Waals surface area contributed by atoms with Crippen LogP contribution in [0.2, 0.25) is 0 Å². The van der Waals surface area contributed by atoms with Crippen molar-refractivity contribution in [2.45, 2.75) is 83.1 Å². The monoisotopic (exact) mass is 423 g/mol. The van der Waals surface area contributed by atoms with E-state index in [0.29, 0.717) is 25.8 Å². The number of aliphatic hydroxyl groups is 1. The molecule has 3 N–H and O–H groups in total. The first-order chi connectivity index (χ1) is 13.9. The van der Waals surface area contributed by atoms with Gasteiger partial charge in [-0.05, 0) is 59.3 Å². The minimum absolute atomic E-state index is 0.0446. The molecule has 3 heterocycles. The van der Waals surface area contributed by atoms with Gasteiger partial charge < -0.3 is 25.4 Å². The van der Waals surface area contributed by atoms with Gasteiger partial charge in [0, 0.05) is 25.7 Å². The van der Waals surface area contributed by atoms with Crippen LogP contribution in [-0.4, -0.2) is 70.7 Å². The molecule has 0 aromatic heterocycles. The van der Waals surface area contributed by atoms with Gasteiger partial charge in [0.05, 0.1) is 17.4 Å². The van der Waals surface area contributed by atoms with Gasteiger partial charge in [-0.25, -0.2) is 0 Å². The Morgan fingerprint density at radius 3 is 2.47 bits per heavy atom. The van der Waals surface area contributed by atoms with E-state index in [4.69, 9.17) is 9.84 Å². The number of fused-ring (bicyclic) bond motifs is 1. The molecular weight excluding hydrogens is 386 g/mol. The molecule has 30 heavy (non-hydrogen) atoms. The number of carbonyl (C=O) groups is 3. The molecule has 0 aromatic carbocycles. The van der Waals surface area contributed by atoms with E-state index in [-0.39, 0.29) is 30.2 Å². The maximum atomic E-state index is 13.6. The highest BCUT2D eigenvalue weighted by molar-refractivity contribution is 5.99. The SMILES string of the molecule is CNC(=O)[C@@H]1[C@H]2C(=O)N(CCCCCO)C(C(=O)NC(C)(C)C)C23CC(C)[C@@]1(C)O3. The zero-order chi connectivity index (χ0) is 22.5. The molecule has 0 saturated carbocycles. The first-order valence-electron chi connectivity index (χ1n) is 11.1. The van der Waals surface area contributed by atoms with E-state index < -0.39 is 34.6 Å². The van der Waals surface area contributed by atoms with Gasteiger partial charge in [-0.2, -0.15) is 0 Å². The fourth-order valence-electron chi connectivity index (χ4n) is 5.84. The number of likely N-dealkylation sites (tertiary alicyclic amines) is 1. The number of amides is 3. The number of hydrogen-bond donors (Lipinski definition) is 3. The minimum atomic E-state index is -0.991. The molecule has 3 aliphatic heterocycles. The Bertz CT molecular complexity index is 720. The van der Waals surface area contributed by atoms with Gasteiger partial charge in [0.25, 0.3) is 0 Å². The number of hydrogen-bond acceptors (Lipinski definition) is 5. The highest BCUT2D eigenvalue weighted by Crippen LogP contribution is 2.65. The summed E-state index contributed by atoms with van der Waals surface area (Å²) in [4.78, 5) is 41.6. The molecule has 0 aromatic rings. The van der Waals surface area contributed by atoms with E-state index in [9.17, 15) is 14.4 Å². The van der Waals surface area contributed by atoms with E-state index in [0.717, 1.165) is 6.42 Å². The Morgan fingerprint density at radius 2 is 1.90 bits per heavy atom. The summed E-state index contributed by atoms with van der Waals surface area (Å²) in [6.45, 7) is 10.2. The van der Waals surface area contributed by atoms with Crippen molar-refractivity contribution >= 4 is 17.7 Å². The van der Waals surface area contributed by atoms with E-state index in [2.05, 4.69) is 10.6 Å². The Kier molecular flexibility index (Phi) is 5.97. The molecule has 0 radical (unpaired) electrons. The number of nitrogens with zero attached hydrogens (tertiary/aromatic N) is 1. The van der Waals surface area contributed by atoms with Crippen LogP contribution >= 0.6 is 0 Å². The lowest BCUT2D eigenvalue weighted by Crippen LogP contribution is -2.58. The van der Waals surface area contributed by atoms with Crippen molar-refractivity contribution in [2.75, 3.05) is 20.2 Å². The third-order valence-corrected chi connectivity index (χ3v) is 7.15. The molecule has 170 valence electrons. The molecule has 3 aliphatic rings. The highest BCUT2D eigenvalue weighted by atomic mass is 16.5. The van der Waals surface area contributed by atoms with Crippen LogP contribution in [0.25, 0.3) is 0 Å². The van der Waals surface area contributed by atoms with Gasteiger partial charge in [0.2, 0.25) is 17.7 Å². The maximum Gasteiger partial charge on any atom is 0.246 e. The van der Waals surface area contributed by atoms with Gasteiger partial charge in [0.15, 0.2) is 0 Å². The number of nitrogens with one attached hydrogen (secondary N) is 2. The third-order valence-electron chi connectivity index (χ3n) is 7.15. The number of unbranched alkanes of at least 4 members (excludes halogenated alkanes) is 2. The van der Waals surface area contributed by atoms with Crippen molar-refractivity contribution in [3.8, 4) is 0 Å². The van der Waals surface area contributed by atoms with Gasteiger partial charge >= 0.3 is 0 Å². The Balaban J connectivity index is 2.01. The maximum absolute atomic E-state index is 13.6. The first kappa shape index (κ1) is 23.0. The van der Waals surface area contributed by atoms with Crippen LogP contribution in [0, 0.1) is 17.8 Å². The van der Waals surface area contributed by atoms with E-state index in [1.807, 2.05) is 34.6 Å². The van der Waals surface area contributed by atoms with Crippen molar-refractivity contribution in [1.82, 2.24) is 15.5 Å². The topological polar surface area (TPSA) is 108 Å². The lowest BCUT2D eigenvalue weighted by atomic mass is 9.62. The first-order valence-corrected chi connectivity index (χ1v) is 11.1. The van der Waals surface area contributed by atoms with Crippen LogP contribution in [0.1, 0.15) is 60.3 Å². The van der Waals surface area contributed by atoms with Gasteiger partial charge in [0.1, 0.15) is 11.6 Å². The van der Waals surface area contributed by atoms with E-state index in [1.165, 1.54) is 0 Å². The summed E-state index contributed by atoms with van der Waals surface area (Å²) in [5.41, 5.74) is -2.22. The quantitative estimate of drug-likeness (QED) is 0.526. The van der Waals surface area contributed by atoms with Crippen LogP contribution < -0.4 is 10.6 Å². The second-order valence-electron chi connectivity index (χ2n) is 10.4. The molecule has 8 heteroatoms. The summed E-state index contributed by atoms with van der Waals surface area (Å²) in [5, 5.41) is 14.8. The summed E-state index contributed by atoms with van der Waals surface area (Å²) in [6.07, 6.45) is 2.68. The molecule has 0 aliphatic carbocycles. The summed E-state index contributed by atoms with van der Waals surface area (Å²) in [5.74, 6) is -1.84. The average molecular weight is 424 g/mol. The van der Waals surface area contributed by atoms with Gasteiger partial charge in [-0.15, -0.1) is 0 Å². The summed E-state index contributed by atoms with van der Waals surface area (Å²) in [6, 6.07) is -0.762. The number of carbonyl (C=O) groups excluding carboxylic acids is 3. The van der Waals surface area contributed by atoms with Crippen molar-refractivity contribution in [3.63, 3.8) is 0 Å². The summed E-state index contributed by atoms with van der Waals surface area (Å²) < 4.78 is 6.57. The smallest absolute Gasteiger partial charge is 0.246 e. The number of aliphatic hydroxyl groups excluding tert-OH is 1. The van der Waals surface area contributed by atoms with Gasteiger partial charge in [-0.1, -0.05) is 6.92 Å². The van der Waals surface area contributed by atoms with Crippen LogP contribution in [0.15, 0.2) is 0 Å². The van der Waals surface area contributed by atoms with Crippen LogP contribution in [0.5, 0.6) is 0 Å². The molecule has 3 rings (SSSR count). The normalized spacial score (nSPS) is 37.4. The van der Waals surface area contributed by atoms with Crippen molar-refractivity contribution < 1.29 is 24.2 Å². The summed E-state index contributed by atoms with van der Waals surface area (Å²) >= 11 is 0. The standard InChI is InChI=1S/C22H37N3O5/c1-13-12-22-15(14(17(27)23-6)21(13,5)30-22)19(29)25(10-8-7-9-11-26)16(22)18(28)24-20(2,3)4/h13-16,26H,7-12H2,1-6H3,(H,23,27)(H,24,28)/t13?,14-,15-,16?,21+,22?/m0/s1. The molecule has 6 atom stereocenters. The van der Waals surface area contributed by atoms with Crippen LogP contribution in [0.4, 0.5) is 0 Å². The lowest BCUT2D eigenvalue weighted by Gasteiger charge is -2.36. The van der Waals surface area contributed by atoms with Crippen LogP contribution in [0.3, 0.4) is 0 Å². The fourth-order valence-corrected chi connectivity index (χ4v) is 5.84. The number of ether oxygens (including phenoxy) is 1. The van der Waals surface area contributed by atoms with E-state index in [1.54, 1.807) is 11.9 Å². The van der Waals surface area contributed by atoms with Crippen molar-refractivity contribution in [1.29, 1.82) is 0 Å². The molecule has 3 fully saturated rings. The largest absolute Gasteiger partial charge is 0.396 e. The minimum Gasteiger partial charge on any atom is -0.396 e. The van der Waals surface area contributed by atoms with Crippen LogP contribution in [-0.2, 0) is 19.1 Å². The number of rotatable bonds is 7. The average Bonchev–Trinajstić information content (AvgIpc) is 3.14. The second kappa shape index (κ2) is 7.79. The van der Waals surface area contributed by atoms with Crippen molar-refractivity contribution in [3.05, 3.63) is 0 Å². The Morgan fingerprint density at radius 1 is 1.23 bits per heavy atom. The molecule has 2 bridgehead atoms. The molecule has 3 amide bonds. The predicted octanol–water partition coefficient (Wildman–Crippen LogP) is 0.820. The molecule has 3 saturated heterocycles. The van der Waals surface area contributed by atoms with Crippen molar-refractivity contribution in [2.24, 2.45) is 17.8 Å². The lowest BCUT2D eigenvalue weighted by molar-refractivity contribution is -0.148. The highest BCUT2D eigenvalue weighted by Gasteiger charge is 2.79.